The highest BCUT2D eigenvalue weighted by atomic mass is 16.5. The third-order valence-electron chi connectivity index (χ3n) is 4.29. The van der Waals surface area contributed by atoms with E-state index in [9.17, 15) is 4.79 Å². The number of hydrogen-bond acceptors (Lipinski definition) is 4. The van der Waals surface area contributed by atoms with Crippen LogP contribution < -0.4 is 10.1 Å². The summed E-state index contributed by atoms with van der Waals surface area (Å²) in [6.07, 6.45) is 4.93. The molecule has 0 bridgehead atoms. The molecule has 0 radical (unpaired) electrons. The van der Waals surface area contributed by atoms with E-state index in [0.29, 0.717) is 6.61 Å². The zero-order chi connectivity index (χ0) is 16.8. The van der Waals surface area contributed by atoms with Crippen LogP contribution in [0.25, 0.3) is 0 Å². The lowest BCUT2D eigenvalue weighted by molar-refractivity contribution is -0.121. The number of nitrogens with one attached hydrogen (secondary N) is 1. The average molecular weight is 325 g/mol. The second-order valence-corrected chi connectivity index (χ2v) is 6.12. The first-order valence-electron chi connectivity index (χ1n) is 8.36. The Labute approximate surface area is 142 Å². The van der Waals surface area contributed by atoms with Gasteiger partial charge in [-0.05, 0) is 50.7 Å². The van der Waals surface area contributed by atoms with Gasteiger partial charge in [0.25, 0.3) is 0 Å². The van der Waals surface area contributed by atoms with Crippen LogP contribution in [0.15, 0.2) is 48.7 Å². The van der Waals surface area contributed by atoms with E-state index >= 15 is 0 Å². The fourth-order valence-electron chi connectivity index (χ4n) is 2.94. The summed E-state index contributed by atoms with van der Waals surface area (Å²) in [5.41, 5.74) is 1.63. The molecule has 1 aliphatic rings. The normalized spacial score (nSPS) is 18.1. The van der Waals surface area contributed by atoms with Crippen molar-refractivity contribution >= 4 is 11.6 Å². The molecule has 1 atom stereocenters. The van der Waals surface area contributed by atoms with E-state index in [0.717, 1.165) is 42.9 Å². The summed E-state index contributed by atoms with van der Waals surface area (Å²) in [5.74, 6) is 0.773. The van der Waals surface area contributed by atoms with Crippen molar-refractivity contribution in [3.8, 4) is 5.75 Å². The van der Waals surface area contributed by atoms with E-state index in [1.165, 1.54) is 0 Å². The topological polar surface area (TPSA) is 54.5 Å². The zero-order valence-corrected chi connectivity index (χ0v) is 13.9. The van der Waals surface area contributed by atoms with Gasteiger partial charge in [0.15, 0.2) is 0 Å². The number of piperidine rings is 1. The number of rotatable bonds is 5. The number of pyridine rings is 1. The summed E-state index contributed by atoms with van der Waals surface area (Å²) in [5, 5.41) is 3.00. The highest BCUT2D eigenvalue weighted by Gasteiger charge is 2.25. The minimum atomic E-state index is -0.0446. The first kappa shape index (κ1) is 16.5. The fourth-order valence-corrected chi connectivity index (χ4v) is 2.94. The molecule has 2 heterocycles. The van der Waals surface area contributed by atoms with E-state index in [-0.39, 0.29) is 11.9 Å². The van der Waals surface area contributed by atoms with Crippen molar-refractivity contribution in [1.29, 1.82) is 0 Å². The van der Waals surface area contributed by atoms with Crippen LogP contribution in [0.1, 0.15) is 25.0 Å². The summed E-state index contributed by atoms with van der Waals surface area (Å²) in [6.45, 7) is 1.38. The van der Waals surface area contributed by atoms with E-state index in [4.69, 9.17) is 4.74 Å². The average Bonchev–Trinajstić information content (AvgIpc) is 2.61. The molecule has 1 saturated heterocycles. The Hall–Kier alpha value is -2.40. The summed E-state index contributed by atoms with van der Waals surface area (Å²) < 4.78 is 5.76. The van der Waals surface area contributed by atoms with Gasteiger partial charge in [0.1, 0.15) is 12.4 Å². The molecule has 0 spiro atoms. The number of carbonyl (C=O) groups excluding carboxylic acids is 1. The highest BCUT2D eigenvalue weighted by Crippen LogP contribution is 2.21. The molecule has 1 unspecified atom stereocenters. The SMILES string of the molecule is CN1CCCCC1C(=O)Nc1cccc(OCc2ccccn2)c1. The van der Waals surface area contributed by atoms with Gasteiger partial charge in [-0.15, -0.1) is 0 Å². The van der Waals surface area contributed by atoms with Crippen molar-refractivity contribution in [3.05, 3.63) is 54.4 Å². The lowest BCUT2D eigenvalue weighted by Gasteiger charge is -2.31. The van der Waals surface area contributed by atoms with Gasteiger partial charge in [0, 0.05) is 18.0 Å². The predicted molar refractivity (Wildman–Crippen MR) is 93.9 cm³/mol. The summed E-state index contributed by atoms with van der Waals surface area (Å²) >= 11 is 0. The zero-order valence-electron chi connectivity index (χ0n) is 13.9. The number of carbonyl (C=O) groups is 1. The van der Waals surface area contributed by atoms with Gasteiger partial charge in [-0.3, -0.25) is 14.7 Å². The number of ether oxygens (including phenoxy) is 1. The Kier molecular flexibility index (Phi) is 5.43. The molecule has 5 heteroatoms. The van der Waals surface area contributed by atoms with Gasteiger partial charge in [0.05, 0.1) is 11.7 Å². The molecule has 1 amide bonds. The molecule has 3 rings (SSSR count). The van der Waals surface area contributed by atoms with Crippen molar-refractivity contribution in [1.82, 2.24) is 9.88 Å². The van der Waals surface area contributed by atoms with Crippen LogP contribution in [0.2, 0.25) is 0 Å². The summed E-state index contributed by atoms with van der Waals surface area (Å²) in [6, 6.07) is 13.2. The second kappa shape index (κ2) is 7.93. The van der Waals surface area contributed by atoms with Gasteiger partial charge < -0.3 is 10.1 Å². The van der Waals surface area contributed by atoms with Crippen LogP contribution in [-0.2, 0) is 11.4 Å². The Morgan fingerprint density at radius 1 is 1.29 bits per heavy atom. The van der Waals surface area contributed by atoms with Gasteiger partial charge in [0.2, 0.25) is 5.91 Å². The smallest absolute Gasteiger partial charge is 0.241 e. The maximum absolute atomic E-state index is 12.5. The highest BCUT2D eigenvalue weighted by molar-refractivity contribution is 5.95. The Bertz CT molecular complexity index is 675. The molecule has 1 N–H and O–H groups in total. The maximum Gasteiger partial charge on any atom is 0.241 e. The van der Waals surface area contributed by atoms with Crippen LogP contribution in [0.4, 0.5) is 5.69 Å². The van der Waals surface area contributed by atoms with Crippen LogP contribution in [0, 0.1) is 0 Å². The molecule has 1 aromatic carbocycles. The van der Waals surface area contributed by atoms with Gasteiger partial charge >= 0.3 is 0 Å². The fraction of sp³-hybridized carbons (Fsp3) is 0.368. The van der Waals surface area contributed by atoms with Crippen LogP contribution in [0.5, 0.6) is 5.75 Å². The molecule has 1 aromatic heterocycles. The summed E-state index contributed by atoms with van der Waals surface area (Å²) in [4.78, 5) is 18.8. The molecule has 0 saturated carbocycles. The molecule has 126 valence electrons. The van der Waals surface area contributed by atoms with E-state index in [1.807, 2.05) is 49.5 Å². The van der Waals surface area contributed by atoms with Crippen LogP contribution >= 0.6 is 0 Å². The second-order valence-electron chi connectivity index (χ2n) is 6.12. The summed E-state index contributed by atoms with van der Waals surface area (Å²) in [7, 11) is 2.01. The van der Waals surface area contributed by atoms with Crippen molar-refractivity contribution in [3.63, 3.8) is 0 Å². The molecule has 24 heavy (non-hydrogen) atoms. The van der Waals surface area contributed by atoms with Gasteiger partial charge in [-0.1, -0.05) is 18.6 Å². The maximum atomic E-state index is 12.5. The number of hydrogen-bond donors (Lipinski definition) is 1. The number of likely N-dealkylation sites (tertiary alicyclic amines) is 1. The quantitative estimate of drug-likeness (QED) is 0.918. The van der Waals surface area contributed by atoms with Crippen molar-refractivity contribution in [2.45, 2.75) is 31.9 Å². The molecule has 5 nitrogen and oxygen atoms in total. The lowest BCUT2D eigenvalue weighted by Crippen LogP contribution is -2.44. The first-order chi connectivity index (χ1) is 11.7. The van der Waals surface area contributed by atoms with E-state index in [2.05, 4.69) is 15.2 Å². The standard InChI is InChI=1S/C19H23N3O2/c1-22-12-5-3-10-18(22)19(23)21-15-8-6-9-17(13-15)24-14-16-7-2-4-11-20-16/h2,4,6-9,11,13,18H,3,5,10,12,14H2,1H3,(H,21,23). The minimum absolute atomic E-state index is 0.0446. The number of aromatic nitrogens is 1. The van der Waals surface area contributed by atoms with Crippen LogP contribution in [0.3, 0.4) is 0 Å². The molecule has 1 fully saturated rings. The first-order valence-corrected chi connectivity index (χ1v) is 8.36. The number of likely N-dealkylation sites (N-methyl/N-ethyl adjacent to an activating group) is 1. The number of nitrogens with zero attached hydrogens (tertiary/aromatic N) is 2. The third kappa shape index (κ3) is 4.32. The van der Waals surface area contributed by atoms with E-state index < -0.39 is 0 Å². The van der Waals surface area contributed by atoms with Gasteiger partial charge in [-0.2, -0.15) is 0 Å². The number of amides is 1. The lowest BCUT2D eigenvalue weighted by atomic mass is 10.0. The Balaban J connectivity index is 1.59. The molecule has 2 aromatic rings. The molecular weight excluding hydrogens is 302 g/mol. The van der Waals surface area contributed by atoms with E-state index in [1.54, 1.807) is 6.20 Å². The Morgan fingerprint density at radius 3 is 3.00 bits per heavy atom. The monoisotopic (exact) mass is 325 g/mol. The largest absolute Gasteiger partial charge is 0.487 e. The third-order valence-corrected chi connectivity index (χ3v) is 4.29. The predicted octanol–water partition coefficient (Wildman–Crippen LogP) is 3.08. The van der Waals surface area contributed by atoms with Crippen molar-refractivity contribution in [2.75, 3.05) is 18.9 Å². The molecule has 1 aliphatic heterocycles. The molecule has 0 aliphatic carbocycles. The van der Waals surface area contributed by atoms with Crippen molar-refractivity contribution < 1.29 is 9.53 Å². The minimum Gasteiger partial charge on any atom is -0.487 e. The number of anilines is 1. The van der Waals surface area contributed by atoms with Crippen LogP contribution in [-0.4, -0.2) is 35.4 Å². The van der Waals surface area contributed by atoms with Gasteiger partial charge in [-0.25, -0.2) is 0 Å². The Morgan fingerprint density at radius 2 is 2.21 bits per heavy atom. The number of benzene rings is 1. The molecular formula is C19H23N3O2. The van der Waals surface area contributed by atoms with Crippen molar-refractivity contribution in [2.24, 2.45) is 0 Å².